The topological polar surface area (TPSA) is 29.3 Å². The molecule has 2 heterocycles. The SMILES string of the molecule is Fc1cccc(F)c1CCCN1CCC(c2ncco2)CC1. The van der Waals surface area contributed by atoms with Gasteiger partial charge in [-0.3, -0.25) is 0 Å². The lowest BCUT2D eigenvalue weighted by Crippen LogP contribution is -2.34. The van der Waals surface area contributed by atoms with E-state index in [0.717, 1.165) is 44.8 Å². The number of hydrogen-bond acceptors (Lipinski definition) is 3. The van der Waals surface area contributed by atoms with Crippen LogP contribution in [-0.4, -0.2) is 29.5 Å². The monoisotopic (exact) mass is 306 g/mol. The van der Waals surface area contributed by atoms with Gasteiger partial charge in [-0.15, -0.1) is 0 Å². The second kappa shape index (κ2) is 7.01. The van der Waals surface area contributed by atoms with Gasteiger partial charge in [0.1, 0.15) is 17.9 Å². The lowest BCUT2D eigenvalue weighted by Gasteiger charge is -2.30. The van der Waals surface area contributed by atoms with Crippen LogP contribution in [-0.2, 0) is 6.42 Å². The summed E-state index contributed by atoms with van der Waals surface area (Å²) >= 11 is 0. The van der Waals surface area contributed by atoms with Crippen molar-refractivity contribution in [3.05, 3.63) is 53.7 Å². The first kappa shape index (κ1) is 15.2. The predicted octanol–water partition coefficient (Wildman–Crippen LogP) is 3.77. The molecule has 1 aromatic carbocycles. The lowest BCUT2D eigenvalue weighted by molar-refractivity contribution is 0.198. The molecule has 5 heteroatoms. The van der Waals surface area contributed by atoms with Gasteiger partial charge in [0.25, 0.3) is 0 Å². The molecule has 0 aliphatic carbocycles. The molecule has 1 aromatic heterocycles. The molecule has 0 unspecified atom stereocenters. The zero-order chi connectivity index (χ0) is 15.4. The Morgan fingerprint density at radius 3 is 2.55 bits per heavy atom. The number of aromatic nitrogens is 1. The normalized spacial score (nSPS) is 17.0. The van der Waals surface area contributed by atoms with Crippen LogP contribution in [0.1, 0.15) is 36.6 Å². The number of piperidine rings is 1. The highest BCUT2D eigenvalue weighted by atomic mass is 19.1. The number of benzene rings is 1. The van der Waals surface area contributed by atoms with Crippen molar-refractivity contribution >= 4 is 0 Å². The summed E-state index contributed by atoms with van der Waals surface area (Å²) in [4.78, 5) is 6.56. The van der Waals surface area contributed by atoms with Crippen LogP contribution in [0.5, 0.6) is 0 Å². The maximum absolute atomic E-state index is 13.6. The van der Waals surface area contributed by atoms with Gasteiger partial charge in [0.2, 0.25) is 0 Å². The van der Waals surface area contributed by atoms with Gasteiger partial charge in [0, 0.05) is 11.5 Å². The number of rotatable bonds is 5. The molecule has 1 aliphatic heterocycles. The van der Waals surface area contributed by atoms with Gasteiger partial charge in [-0.1, -0.05) is 6.07 Å². The van der Waals surface area contributed by atoms with E-state index in [4.69, 9.17) is 4.42 Å². The standard InChI is InChI=1S/C17H20F2N2O/c18-15-4-1-5-16(19)14(15)3-2-9-21-10-6-13(7-11-21)17-20-8-12-22-17/h1,4-5,8,12-13H,2-3,6-7,9-11H2. The highest BCUT2D eigenvalue weighted by Crippen LogP contribution is 2.26. The van der Waals surface area contributed by atoms with E-state index in [9.17, 15) is 8.78 Å². The molecule has 1 fully saturated rings. The highest BCUT2D eigenvalue weighted by Gasteiger charge is 2.23. The molecule has 22 heavy (non-hydrogen) atoms. The Labute approximate surface area is 129 Å². The van der Waals surface area contributed by atoms with Gasteiger partial charge in [-0.25, -0.2) is 13.8 Å². The van der Waals surface area contributed by atoms with Crippen LogP contribution < -0.4 is 0 Å². The molecule has 0 N–H and O–H groups in total. The number of hydrogen-bond donors (Lipinski definition) is 0. The Hall–Kier alpha value is -1.75. The van der Waals surface area contributed by atoms with Gasteiger partial charge in [-0.2, -0.15) is 0 Å². The number of oxazole rings is 1. The maximum Gasteiger partial charge on any atom is 0.197 e. The average Bonchev–Trinajstić information content (AvgIpc) is 3.05. The van der Waals surface area contributed by atoms with Gasteiger partial charge in [0.15, 0.2) is 5.89 Å². The largest absolute Gasteiger partial charge is 0.449 e. The molecule has 118 valence electrons. The first-order valence-electron chi connectivity index (χ1n) is 7.78. The van der Waals surface area contributed by atoms with Gasteiger partial charge in [-0.05, 0) is 57.5 Å². The van der Waals surface area contributed by atoms with Crippen LogP contribution in [0.15, 0.2) is 35.1 Å². The van der Waals surface area contributed by atoms with Gasteiger partial charge < -0.3 is 9.32 Å². The molecule has 0 bridgehead atoms. The zero-order valence-corrected chi connectivity index (χ0v) is 12.5. The zero-order valence-electron chi connectivity index (χ0n) is 12.5. The Kier molecular flexibility index (Phi) is 4.83. The van der Waals surface area contributed by atoms with Crippen molar-refractivity contribution in [1.82, 2.24) is 9.88 Å². The molecule has 2 aromatic rings. The molecule has 3 nitrogen and oxygen atoms in total. The Morgan fingerprint density at radius 2 is 1.91 bits per heavy atom. The summed E-state index contributed by atoms with van der Waals surface area (Å²) in [6.45, 7) is 2.83. The second-order valence-corrected chi connectivity index (χ2v) is 5.79. The smallest absolute Gasteiger partial charge is 0.197 e. The fourth-order valence-corrected chi connectivity index (χ4v) is 3.09. The summed E-state index contributed by atoms with van der Waals surface area (Å²) < 4.78 is 32.5. The van der Waals surface area contributed by atoms with E-state index in [2.05, 4.69) is 9.88 Å². The summed E-state index contributed by atoms with van der Waals surface area (Å²) in [6, 6.07) is 4.04. The minimum atomic E-state index is -0.442. The van der Waals surface area contributed by atoms with E-state index >= 15 is 0 Å². The van der Waals surface area contributed by atoms with Crippen molar-refractivity contribution < 1.29 is 13.2 Å². The van der Waals surface area contributed by atoms with Crippen LogP contribution in [0.2, 0.25) is 0 Å². The predicted molar refractivity (Wildman–Crippen MR) is 79.6 cm³/mol. The molecular weight excluding hydrogens is 286 g/mol. The Bertz CT molecular complexity index is 572. The number of halogens is 2. The first-order chi connectivity index (χ1) is 10.7. The summed E-state index contributed by atoms with van der Waals surface area (Å²) in [6.07, 6.45) is 6.55. The van der Waals surface area contributed by atoms with E-state index < -0.39 is 11.6 Å². The minimum Gasteiger partial charge on any atom is -0.449 e. The van der Waals surface area contributed by atoms with Crippen LogP contribution in [0.3, 0.4) is 0 Å². The summed E-state index contributed by atoms with van der Waals surface area (Å²) in [5.74, 6) is 0.341. The second-order valence-electron chi connectivity index (χ2n) is 5.79. The molecule has 0 atom stereocenters. The van der Waals surface area contributed by atoms with Gasteiger partial charge >= 0.3 is 0 Å². The third kappa shape index (κ3) is 3.53. The first-order valence-corrected chi connectivity index (χ1v) is 7.78. The molecule has 0 spiro atoms. The fourth-order valence-electron chi connectivity index (χ4n) is 3.09. The van der Waals surface area contributed by atoms with Crippen molar-refractivity contribution in [2.75, 3.05) is 19.6 Å². The lowest BCUT2D eigenvalue weighted by atomic mass is 9.96. The summed E-state index contributed by atoms with van der Waals surface area (Å²) in [7, 11) is 0. The van der Waals surface area contributed by atoms with Crippen LogP contribution >= 0.6 is 0 Å². The van der Waals surface area contributed by atoms with Crippen LogP contribution in [0.25, 0.3) is 0 Å². The van der Waals surface area contributed by atoms with Gasteiger partial charge in [0.05, 0.1) is 6.20 Å². The molecule has 1 aliphatic rings. The van der Waals surface area contributed by atoms with Crippen molar-refractivity contribution in [2.45, 2.75) is 31.6 Å². The quantitative estimate of drug-likeness (QED) is 0.842. The minimum absolute atomic E-state index is 0.206. The highest BCUT2D eigenvalue weighted by molar-refractivity contribution is 5.19. The maximum atomic E-state index is 13.6. The summed E-state index contributed by atoms with van der Waals surface area (Å²) in [5.41, 5.74) is 0.206. The number of nitrogens with zero attached hydrogens (tertiary/aromatic N) is 2. The molecule has 0 amide bonds. The average molecular weight is 306 g/mol. The van der Waals surface area contributed by atoms with Crippen molar-refractivity contribution in [1.29, 1.82) is 0 Å². The number of likely N-dealkylation sites (tertiary alicyclic amines) is 1. The van der Waals surface area contributed by atoms with Crippen molar-refractivity contribution in [2.24, 2.45) is 0 Å². The molecule has 3 rings (SSSR count). The molecule has 1 saturated heterocycles. The Morgan fingerprint density at radius 1 is 1.18 bits per heavy atom. The third-order valence-corrected chi connectivity index (χ3v) is 4.35. The van der Waals surface area contributed by atoms with Crippen LogP contribution in [0, 0.1) is 11.6 Å². The third-order valence-electron chi connectivity index (χ3n) is 4.35. The van der Waals surface area contributed by atoms with E-state index in [1.165, 1.54) is 18.2 Å². The van der Waals surface area contributed by atoms with Crippen molar-refractivity contribution in [3.63, 3.8) is 0 Å². The van der Waals surface area contributed by atoms with E-state index in [0.29, 0.717) is 12.3 Å². The molecular formula is C17H20F2N2O. The van der Waals surface area contributed by atoms with Crippen molar-refractivity contribution in [3.8, 4) is 0 Å². The van der Waals surface area contributed by atoms with Crippen LogP contribution in [0.4, 0.5) is 8.78 Å². The van der Waals surface area contributed by atoms with E-state index in [1.807, 2.05) is 0 Å². The molecule has 0 saturated carbocycles. The fraction of sp³-hybridized carbons (Fsp3) is 0.471. The Balaban J connectivity index is 1.44. The van der Waals surface area contributed by atoms with E-state index in [-0.39, 0.29) is 5.56 Å². The van der Waals surface area contributed by atoms with E-state index in [1.54, 1.807) is 12.5 Å². The molecule has 0 radical (unpaired) electrons. The summed E-state index contributed by atoms with van der Waals surface area (Å²) in [5, 5.41) is 0.